The van der Waals surface area contributed by atoms with Crippen LogP contribution in [0.2, 0.25) is 0 Å². The summed E-state index contributed by atoms with van der Waals surface area (Å²) in [5.41, 5.74) is 0.513. The van der Waals surface area contributed by atoms with E-state index in [1.165, 1.54) is 34.6 Å². The number of nitrogens with one attached hydrogen (secondary N) is 1. The van der Waals surface area contributed by atoms with E-state index in [1.54, 1.807) is 24.7 Å². The molecule has 5 heterocycles. The summed E-state index contributed by atoms with van der Waals surface area (Å²) >= 11 is 0.933. The average Bonchev–Trinajstić information content (AvgIpc) is 3.67. The first-order valence-corrected chi connectivity index (χ1v) is 15.8. The van der Waals surface area contributed by atoms with Crippen LogP contribution in [0.4, 0.5) is 28.4 Å². The Balaban J connectivity index is 1.17. The van der Waals surface area contributed by atoms with Crippen molar-refractivity contribution < 1.29 is 35.5 Å². The van der Waals surface area contributed by atoms with Crippen LogP contribution in [-0.4, -0.2) is 70.4 Å². The SMILES string of the molecule is CC(c1ccc(F)cc1)n1cncc1C1C(=O)OCC2CN(S(=O)(=O)c3ccc(Nc4ccc(C(F)(F)F)cn4)s3)CCN21. The molecule has 10 nitrogen and oxygen atoms in total. The molecule has 1 N–H and O–H groups in total. The van der Waals surface area contributed by atoms with Crippen LogP contribution >= 0.6 is 11.3 Å². The van der Waals surface area contributed by atoms with Gasteiger partial charge in [-0.15, -0.1) is 11.3 Å². The number of anilines is 2. The molecule has 3 atom stereocenters. The van der Waals surface area contributed by atoms with Gasteiger partial charge in [-0.25, -0.2) is 27.6 Å². The number of carbonyl (C=O) groups is 1. The standard InChI is InChI=1S/C28H26F4N6O4S2/c1-17(18-2-5-20(29)6-3-18)38-16-33-13-22(38)26-27(39)42-15-21-14-36(10-11-37(21)26)44(40,41)25-9-8-24(43-25)35-23-7-4-19(12-34-23)28(30,31)32/h2-9,12-13,16-17,21,26H,10-11,14-15H2,1H3,(H,34,35). The van der Waals surface area contributed by atoms with Crippen molar-refractivity contribution >= 4 is 38.1 Å². The lowest BCUT2D eigenvalue weighted by Gasteiger charge is -2.46. The highest BCUT2D eigenvalue weighted by atomic mass is 32.2. The van der Waals surface area contributed by atoms with Crippen molar-refractivity contribution in [1.29, 1.82) is 0 Å². The summed E-state index contributed by atoms with van der Waals surface area (Å²) in [6.45, 7) is 2.37. The Kier molecular flexibility index (Phi) is 7.94. The quantitative estimate of drug-likeness (QED) is 0.224. The van der Waals surface area contributed by atoms with Crippen LogP contribution in [0.15, 0.2) is 71.5 Å². The summed E-state index contributed by atoms with van der Waals surface area (Å²) in [7, 11) is -3.93. The largest absolute Gasteiger partial charge is 0.463 e. The van der Waals surface area contributed by atoms with E-state index >= 15 is 0 Å². The number of halogens is 4. The molecule has 4 aromatic rings. The van der Waals surface area contributed by atoms with Gasteiger partial charge in [0.25, 0.3) is 10.0 Å². The number of fused-ring (bicyclic) bond motifs is 1. The minimum atomic E-state index is -4.51. The summed E-state index contributed by atoms with van der Waals surface area (Å²) in [5.74, 6) is -0.679. The zero-order valence-corrected chi connectivity index (χ0v) is 24.7. The van der Waals surface area contributed by atoms with Crippen molar-refractivity contribution in [3.63, 3.8) is 0 Å². The lowest BCUT2D eigenvalue weighted by Crippen LogP contribution is -2.61. The van der Waals surface area contributed by atoms with Gasteiger partial charge in [-0.3, -0.25) is 4.90 Å². The molecule has 6 rings (SSSR count). The minimum absolute atomic E-state index is 0.0137. The molecule has 1 aromatic carbocycles. The fraction of sp³-hybridized carbons (Fsp3) is 0.321. The lowest BCUT2D eigenvalue weighted by molar-refractivity contribution is -0.166. The number of thiophene rings is 1. The molecule has 0 aliphatic carbocycles. The first-order valence-electron chi connectivity index (χ1n) is 13.5. The number of alkyl halides is 3. The third kappa shape index (κ3) is 5.81. The summed E-state index contributed by atoms with van der Waals surface area (Å²) in [6, 6.07) is 9.59. The second-order valence-corrected chi connectivity index (χ2v) is 13.7. The van der Waals surface area contributed by atoms with Gasteiger partial charge in [-0.1, -0.05) is 12.1 Å². The molecule has 16 heteroatoms. The fourth-order valence-electron chi connectivity index (χ4n) is 5.40. The third-order valence-corrected chi connectivity index (χ3v) is 11.1. The number of hydrogen-bond acceptors (Lipinski definition) is 9. The van der Waals surface area contributed by atoms with Gasteiger partial charge in [0.2, 0.25) is 0 Å². The topological polar surface area (TPSA) is 110 Å². The van der Waals surface area contributed by atoms with Gasteiger partial charge in [-0.05, 0) is 48.9 Å². The number of ether oxygens (including phenoxy) is 1. The molecule has 0 bridgehead atoms. The summed E-state index contributed by atoms with van der Waals surface area (Å²) in [4.78, 5) is 23.0. The number of sulfonamides is 1. The van der Waals surface area contributed by atoms with Crippen LogP contribution in [0, 0.1) is 5.82 Å². The maximum Gasteiger partial charge on any atom is 0.417 e. The van der Waals surface area contributed by atoms with E-state index in [2.05, 4.69) is 15.3 Å². The molecule has 0 amide bonds. The maximum atomic E-state index is 13.6. The molecule has 232 valence electrons. The molecular formula is C28H26F4N6O4S2. The van der Waals surface area contributed by atoms with Gasteiger partial charge in [0, 0.05) is 25.8 Å². The molecule has 0 radical (unpaired) electrons. The van der Waals surface area contributed by atoms with Crippen molar-refractivity contribution in [2.45, 2.75) is 35.4 Å². The molecular weight excluding hydrogens is 624 g/mol. The van der Waals surface area contributed by atoms with Gasteiger partial charge < -0.3 is 14.6 Å². The van der Waals surface area contributed by atoms with E-state index in [1.807, 2.05) is 16.4 Å². The highest BCUT2D eigenvalue weighted by molar-refractivity contribution is 7.91. The number of benzene rings is 1. The van der Waals surface area contributed by atoms with Crippen LogP contribution in [0.5, 0.6) is 0 Å². The van der Waals surface area contributed by atoms with Crippen LogP contribution in [0.3, 0.4) is 0 Å². The number of pyridine rings is 1. The van der Waals surface area contributed by atoms with Crippen LogP contribution in [0.1, 0.15) is 35.8 Å². The minimum Gasteiger partial charge on any atom is -0.463 e. The molecule has 3 aromatic heterocycles. The van der Waals surface area contributed by atoms with Crippen molar-refractivity contribution in [1.82, 2.24) is 23.7 Å². The molecule has 2 aliphatic heterocycles. The number of carbonyl (C=O) groups excluding carboxylic acids is 1. The molecule has 2 fully saturated rings. The smallest absolute Gasteiger partial charge is 0.417 e. The molecule has 2 aliphatic rings. The van der Waals surface area contributed by atoms with E-state index in [0.29, 0.717) is 16.9 Å². The monoisotopic (exact) mass is 650 g/mol. The first-order chi connectivity index (χ1) is 20.9. The number of hydrogen-bond donors (Lipinski definition) is 1. The number of piperazine rings is 1. The maximum absolute atomic E-state index is 13.6. The Labute approximate surface area is 254 Å². The molecule has 0 spiro atoms. The van der Waals surface area contributed by atoms with Crippen LogP contribution in [-0.2, 0) is 25.7 Å². The van der Waals surface area contributed by atoms with Gasteiger partial charge in [0.1, 0.15) is 22.5 Å². The fourth-order valence-corrected chi connectivity index (χ4v) is 8.23. The predicted molar refractivity (Wildman–Crippen MR) is 152 cm³/mol. The first kappa shape index (κ1) is 30.2. The number of aromatic nitrogens is 3. The second-order valence-electron chi connectivity index (χ2n) is 10.4. The van der Waals surface area contributed by atoms with Gasteiger partial charge in [-0.2, -0.15) is 17.5 Å². The molecule has 0 saturated carbocycles. The van der Waals surface area contributed by atoms with Crippen molar-refractivity contribution in [3.8, 4) is 0 Å². The number of esters is 1. The number of cyclic esters (lactones) is 1. The number of nitrogens with zero attached hydrogens (tertiary/aromatic N) is 5. The highest BCUT2D eigenvalue weighted by Crippen LogP contribution is 2.36. The number of morpholine rings is 1. The molecule has 44 heavy (non-hydrogen) atoms. The van der Waals surface area contributed by atoms with E-state index in [9.17, 15) is 30.8 Å². The molecule has 3 unspecified atom stereocenters. The Morgan fingerprint density at radius 2 is 1.84 bits per heavy atom. The zero-order chi connectivity index (χ0) is 31.2. The Morgan fingerprint density at radius 1 is 1.07 bits per heavy atom. The average molecular weight is 651 g/mol. The predicted octanol–water partition coefficient (Wildman–Crippen LogP) is 4.82. The Hall–Kier alpha value is -3.86. The summed E-state index contributed by atoms with van der Waals surface area (Å²) in [5, 5.41) is 3.24. The summed E-state index contributed by atoms with van der Waals surface area (Å²) in [6.07, 6.45) is -0.625. The van der Waals surface area contributed by atoms with E-state index in [-0.39, 0.29) is 48.1 Å². The Bertz CT molecular complexity index is 1760. The van der Waals surface area contributed by atoms with E-state index in [0.717, 1.165) is 23.0 Å². The van der Waals surface area contributed by atoms with Crippen molar-refractivity contribution in [3.05, 3.63) is 89.9 Å². The third-order valence-electron chi connectivity index (χ3n) is 7.73. The van der Waals surface area contributed by atoms with E-state index in [4.69, 9.17) is 4.74 Å². The van der Waals surface area contributed by atoms with Gasteiger partial charge in [0.15, 0.2) is 6.04 Å². The van der Waals surface area contributed by atoms with E-state index < -0.39 is 39.8 Å². The van der Waals surface area contributed by atoms with Gasteiger partial charge in [0.05, 0.1) is 40.9 Å². The normalized spacial score (nSPS) is 20.6. The van der Waals surface area contributed by atoms with Crippen molar-refractivity contribution in [2.24, 2.45) is 0 Å². The number of imidazole rings is 1. The highest BCUT2D eigenvalue weighted by Gasteiger charge is 2.46. The van der Waals surface area contributed by atoms with Gasteiger partial charge >= 0.3 is 12.1 Å². The van der Waals surface area contributed by atoms with Crippen LogP contribution in [0.25, 0.3) is 0 Å². The zero-order valence-electron chi connectivity index (χ0n) is 23.1. The lowest BCUT2D eigenvalue weighted by atomic mass is 10.0. The summed E-state index contributed by atoms with van der Waals surface area (Å²) < 4.78 is 87.9. The van der Waals surface area contributed by atoms with Crippen molar-refractivity contribution in [2.75, 3.05) is 31.6 Å². The Morgan fingerprint density at radius 3 is 2.55 bits per heavy atom. The number of rotatable bonds is 7. The molecule has 2 saturated heterocycles. The van der Waals surface area contributed by atoms with Crippen LogP contribution < -0.4 is 5.32 Å². The second kappa shape index (κ2) is 11.6.